The number of fused-ring (bicyclic) bond motifs is 1. The van der Waals surface area contributed by atoms with Gasteiger partial charge in [0, 0.05) is 28.9 Å². The fourth-order valence-electron chi connectivity index (χ4n) is 3.21. The molecule has 2 aromatic heterocycles. The summed E-state index contributed by atoms with van der Waals surface area (Å²) >= 11 is 0. The van der Waals surface area contributed by atoms with Crippen LogP contribution in [0.25, 0.3) is 11.0 Å². The van der Waals surface area contributed by atoms with Crippen LogP contribution in [0.1, 0.15) is 27.2 Å². The molecule has 0 spiro atoms. The number of aromatic nitrogens is 1. The highest BCUT2D eigenvalue weighted by Gasteiger charge is 2.20. The lowest BCUT2D eigenvalue weighted by atomic mass is 10.1. The minimum absolute atomic E-state index is 0.0715. The van der Waals surface area contributed by atoms with Gasteiger partial charge in [0.15, 0.2) is 17.0 Å². The van der Waals surface area contributed by atoms with Gasteiger partial charge >= 0.3 is 5.55 Å². The van der Waals surface area contributed by atoms with Crippen molar-refractivity contribution >= 4 is 28.3 Å². The summed E-state index contributed by atoms with van der Waals surface area (Å²) in [7, 11) is 0. The van der Waals surface area contributed by atoms with Gasteiger partial charge < -0.3 is 14.8 Å². The third-order valence-electron chi connectivity index (χ3n) is 4.92. The van der Waals surface area contributed by atoms with Crippen LogP contribution >= 0.6 is 0 Å². The first-order valence-corrected chi connectivity index (χ1v) is 9.72. The van der Waals surface area contributed by atoms with E-state index in [9.17, 15) is 14.3 Å². The fourth-order valence-corrected chi connectivity index (χ4v) is 3.21. The van der Waals surface area contributed by atoms with Crippen LogP contribution in [0.4, 0.5) is 15.8 Å². The van der Waals surface area contributed by atoms with Crippen molar-refractivity contribution in [2.24, 2.45) is 0 Å². The van der Waals surface area contributed by atoms with Gasteiger partial charge in [-0.15, -0.1) is 0 Å². The Hall–Kier alpha value is -3.84. The van der Waals surface area contributed by atoms with Gasteiger partial charge in [-0.05, 0) is 38.1 Å². The maximum Gasteiger partial charge on any atom is 0.385 e. The smallest absolute Gasteiger partial charge is 0.385 e. The Kier molecular flexibility index (Phi) is 5.60. The second-order valence-electron chi connectivity index (χ2n) is 7.18. The number of amides is 1. The molecule has 4 rings (SSSR count). The zero-order valence-electron chi connectivity index (χ0n) is 17.1. The second-order valence-corrected chi connectivity index (χ2v) is 7.18. The quantitative estimate of drug-likeness (QED) is 0.475. The summed E-state index contributed by atoms with van der Waals surface area (Å²) in [6.07, 6.45) is 1.54. The van der Waals surface area contributed by atoms with Crippen LogP contribution in [0.5, 0.6) is 0 Å². The van der Waals surface area contributed by atoms with Crippen molar-refractivity contribution in [3.05, 3.63) is 94.5 Å². The molecule has 2 aromatic carbocycles. The van der Waals surface area contributed by atoms with E-state index in [-0.39, 0.29) is 23.4 Å². The van der Waals surface area contributed by atoms with Gasteiger partial charge in [0.2, 0.25) is 5.69 Å². The Morgan fingerprint density at radius 2 is 1.90 bits per heavy atom. The Morgan fingerprint density at radius 3 is 2.61 bits per heavy atom. The average Bonchev–Trinajstić information content (AvgIpc) is 2.77. The van der Waals surface area contributed by atoms with E-state index in [2.05, 4.69) is 15.3 Å². The predicted molar refractivity (Wildman–Crippen MR) is 114 cm³/mol. The van der Waals surface area contributed by atoms with Crippen LogP contribution in [0.2, 0.25) is 0 Å². The minimum Gasteiger partial charge on any atom is -0.402 e. The molecule has 0 fully saturated rings. The molecule has 0 aliphatic carbocycles. The standard InChI is InChI=1S/C24H20FN3O3/c1-14-7-9-17(10-8-14)27-23(30)19-11-18-16(13-29)12-26-15(2)22(18)31-24(19)28-21-6-4-3-5-20(21)25/h3-12,29H,13H2,1-2H3,(H,27,30)/p+1. The molecule has 4 aromatic rings. The number of anilines is 1. The summed E-state index contributed by atoms with van der Waals surface area (Å²) in [6.45, 7) is 3.45. The Morgan fingerprint density at radius 1 is 1.16 bits per heavy atom. The normalized spacial score (nSPS) is 11.7. The molecule has 0 atom stereocenters. The van der Waals surface area contributed by atoms with E-state index in [0.717, 1.165) is 5.56 Å². The average molecular weight is 418 g/mol. The van der Waals surface area contributed by atoms with Crippen LogP contribution in [0, 0.1) is 19.7 Å². The summed E-state index contributed by atoms with van der Waals surface area (Å²) in [5.74, 6) is -0.923. The van der Waals surface area contributed by atoms with Crippen molar-refractivity contribution in [2.45, 2.75) is 20.5 Å². The number of carbonyl (C=O) groups is 1. The van der Waals surface area contributed by atoms with Crippen LogP contribution in [-0.4, -0.2) is 16.0 Å². The van der Waals surface area contributed by atoms with Crippen molar-refractivity contribution in [3.8, 4) is 0 Å². The largest absolute Gasteiger partial charge is 0.402 e. The number of pyridine rings is 1. The number of benzene rings is 2. The van der Waals surface area contributed by atoms with Crippen molar-refractivity contribution in [1.82, 2.24) is 4.98 Å². The molecule has 0 saturated carbocycles. The zero-order valence-corrected chi connectivity index (χ0v) is 17.1. The molecule has 0 radical (unpaired) electrons. The van der Waals surface area contributed by atoms with E-state index in [1.807, 2.05) is 19.1 Å². The highest BCUT2D eigenvalue weighted by molar-refractivity contribution is 6.05. The zero-order chi connectivity index (χ0) is 22.0. The van der Waals surface area contributed by atoms with Gasteiger partial charge in [0.05, 0.1) is 12.3 Å². The molecule has 2 heterocycles. The van der Waals surface area contributed by atoms with Gasteiger partial charge in [-0.3, -0.25) is 9.78 Å². The van der Waals surface area contributed by atoms with Crippen LogP contribution in [0.15, 0.2) is 65.2 Å². The van der Waals surface area contributed by atoms with Gasteiger partial charge in [0.25, 0.3) is 5.91 Å². The molecule has 3 N–H and O–H groups in total. The highest BCUT2D eigenvalue weighted by Crippen LogP contribution is 2.21. The van der Waals surface area contributed by atoms with Gasteiger partial charge in [-0.2, -0.15) is 9.38 Å². The number of rotatable bonds is 4. The molecule has 1 amide bonds. The first-order chi connectivity index (χ1) is 15.0. The number of halogens is 1. The van der Waals surface area contributed by atoms with Crippen molar-refractivity contribution in [1.29, 1.82) is 0 Å². The first-order valence-electron chi connectivity index (χ1n) is 9.72. The molecule has 31 heavy (non-hydrogen) atoms. The maximum atomic E-state index is 14.3. The Labute approximate surface area is 177 Å². The first kappa shape index (κ1) is 20.4. The highest BCUT2D eigenvalue weighted by atomic mass is 19.1. The molecule has 0 aliphatic heterocycles. The summed E-state index contributed by atoms with van der Waals surface area (Å²) in [6, 6.07) is 15.1. The molecule has 0 saturated heterocycles. The summed E-state index contributed by atoms with van der Waals surface area (Å²) in [5, 5.41) is 13.1. The third-order valence-corrected chi connectivity index (χ3v) is 4.92. The molecule has 0 aliphatic rings. The molecule has 0 unspecified atom stereocenters. The van der Waals surface area contributed by atoms with E-state index < -0.39 is 11.7 Å². The van der Waals surface area contributed by atoms with Crippen molar-refractivity contribution in [3.63, 3.8) is 0 Å². The second kappa shape index (κ2) is 8.49. The number of aryl methyl sites for hydroxylation is 2. The number of hydrogen-bond donors (Lipinski definition) is 3. The fraction of sp³-hybridized carbons (Fsp3) is 0.125. The van der Waals surface area contributed by atoms with Crippen LogP contribution in [0.3, 0.4) is 0 Å². The monoisotopic (exact) mass is 418 g/mol. The summed E-state index contributed by atoms with van der Waals surface area (Å²) < 4.78 is 20.2. The Bertz CT molecular complexity index is 1340. The topological polar surface area (TPSA) is 89.3 Å². The molecule has 6 nitrogen and oxygen atoms in total. The minimum atomic E-state index is -0.485. The molecule has 7 heteroatoms. The lowest BCUT2D eigenvalue weighted by Crippen LogP contribution is -2.72. The number of nitrogens with one attached hydrogen (secondary N) is 2. The summed E-state index contributed by atoms with van der Waals surface area (Å²) in [5.41, 5.74) is 3.58. The Balaban J connectivity index is 1.93. The number of nitrogens with zero attached hydrogens (tertiary/aromatic N) is 1. The van der Waals surface area contributed by atoms with Crippen LogP contribution in [-0.2, 0) is 6.61 Å². The van der Waals surface area contributed by atoms with Gasteiger partial charge in [-0.1, -0.05) is 29.8 Å². The predicted octanol–water partition coefficient (Wildman–Crippen LogP) is 2.64. The number of hydrogen-bond acceptors (Lipinski definition) is 4. The van der Waals surface area contributed by atoms with E-state index in [1.54, 1.807) is 49.5 Å². The van der Waals surface area contributed by atoms with Crippen LogP contribution < -0.4 is 15.9 Å². The maximum absolute atomic E-state index is 14.3. The van der Waals surface area contributed by atoms with E-state index >= 15 is 0 Å². The number of para-hydroxylation sites is 1. The number of aliphatic hydroxyl groups is 1. The van der Waals surface area contributed by atoms with E-state index in [0.29, 0.717) is 27.9 Å². The molecule has 156 valence electrons. The molecular formula is C24H21FN3O3+. The molecule has 0 bridgehead atoms. The van der Waals surface area contributed by atoms with Gasteiger partial charge in [-0.25, -0.2) is 0 Å². The van der Waals surface area contributed by atoms with E-state index in [1.165, 1.54) is 6.07 Å². The van der Waals surface area contributed by atoms with Crippen molar-refractivity contribution < 1.29 is 23.7 Å². The SMILES string of the molecule is Cc1ccc(NC(=O)c2cc3c(CO)cnc(C)c3oc2=[NH+]c2ccccc2F)cc1. The lowest BCUT2D eigenvalue weighted by Gasteiger charge is -2.08. The van der Waals surface area contributed by atoms with Gasteiger partial charge in [0.1, 0.15) is 0 Å². The van der Waals surface area contributed by atoms with E-state index in [4.69, 9.17) is 4.42 Å². The number of carbonyl (C=O) groups excluding carboxylic acids is 1. The lowest BCUT2D eigenvalue weighted by molar-refractivity contribution is -0.420. The summed E-state index contributed by atoms with van der Waals surface area (Å²) in [4.78, 5) is 20.3. The molecular weight excluding hydrogens is 397 g/mol. The number of aliphatic hydroxyl groups excluding tert-OH is 1. The third kappa shape index (κ3) is 4.22. The van der Waals surface area contributed by atoms with Crippen molar-refractivity contribution in [2.75, 3.05) is 5.32 Å².